The number of alkyl halides is 1. The monoisotopic (exact) mass is 506 g/mol. The third-order valence-electron chi connectivity index (χ3n) is 5.23. The lowest BCUT2D eigenvalue weighted by Crippen LogP contribution is -2.24. The molecule has 2 heterocycles. The first-order valence-electron chi connectivity index (χ1n) is 9.56. The van der Waals surface area contributed by atoms with Crippen molar-refractivity contribution >= 4 is 51.0 Å². The highest BCUT2D eigenvalue weighted by Gasteiger charge is 2.31. The zero-order chi connectivity index (χ0) is 22.1. The fourth-order valence-electron chi connectivity index (χ4n) is 3.66. The molecule has 0 saturated carbocycles. The van der Waals surface area contributed by atoms with Crippen LogP contribution in [-0.4, -0.2) is 50.0 Å². The van der Waals surface area contributed by atoms with Crippen molar-refractivity contribution in [3.63, 3.8) is 0 Å². The van der Waals surface area contributed by atoms with Crippen molar-refractivity contribution in [2.24, 2.45) is 0 Å². The van der Waals surface area contributed by atoms with E-state index >= 15 is 0 Å². The number of allylic oxidation sites excluding steroid dienone is 1. The summed E-state index contributed by atoms with van der Waals surface area (Å²) >= 11 is 9.15. The lowest BCUT2D eigenvalue weighted by Gasteiger charge is -2.20. The Hall–Kier alpha value is -2.71. The molecule has 2 aliphatic heterocycles. The van der Waals surface area contributed by atoms with E-state index < -0.39 is 0 Å². The highest BCUT2D eigenvalue weighted by Crippen LogP contribution is 2.51. The van der Waals surface area contributed by atoms with Gasteiger partial charge in [0.2, 0.25) is 24.2 Å². The van der Waals surface area contributed by atoms with Crippen LogP contribution in [0.3, 0.4) is 0 Å². The number of ether oxygens (including phenoxy) is 3. The van der Waals surface area contributed by atoms with Crippen LogP contribution in [0.2, 0.25) is 0 Å². The van der Waals surface area contributed by atoms with Crippen LogP contribution < -0.4 is 19.5 Å². The average Bonchev–Trinajstić information content (AvgIpc) is 3.20. The Bertz CT molecular complexity index is 1080. The second-order valence-corrected chi connectivity index (χ2v) is 8.15. The Labute approximate surface area is 193 Å². The van der Waals surface area contributed by atoms with Gasteiger partial charge in [-0.1, -0.05) is 0 Å². The number of hydrogen-bond acceptors (Lipinski definition) is 6. The zero-order valence-corrected chi connectivity index (χ0v) is 19.3. The number of carbonyl (C=O) groups is 2. The van der Waals surface area contributed by atoms with Crippen molar-refractivity contribution in [3.05, 3.63) is 51.1 Å². The molecule has 0 spiro atoms. The molecule has 1 N–H and O–H groups in total. The van der Waals surface area contributed by atoms with E-state index in [0.29, 0.717) is 47.2 Å². The third-order valence-corrected chi connectivity index (χ3v) is 6.31. The number of amides is 1. The molecule has 0 radical (unpaired) electrons. The second kappa shape index (κ2) is 8.80. The second-order valence-electron chi connectivity index (χ2n) is 7.09. The number of nitrogens with one attached hydrogen (secondary N) is 1. The maximum Gasteiger partial charge on any atom is 0.239 e. The van der Waals surface area contributed by atoms with Crippen LogP contribution in [0.15, 0.2) is 34.4 Å². The van der Waals surface area contributed by atoms with Gasteiger partial charge in [-0.05, 0) is 58.3 Å². The smallest absolute Gasteiger partial charge is 0.239 e. The molecule has 2 aliphatic rings. The van der Waals surface area contributed by atoms with Gasteiger partial charge in [-0.25, -0.2) is 0 Å². The number of anilines is 1. The molecule has 0 saturated heterocycles. The van der Waals surface area contributed by atoms with E-state index in [4.69, 9.17) is 25.8 Å². The van der Waals surface area contributed by atoms with Gasteiger partial charge in [0.25, 0.3) is 0 Å². The summed E-state index contributed by atoms with van der Waals surface area (Å²) in [5.41, 5.74) is 3.39. The molecule has 0 bridgehead atoms. The predicted octanol–water partition coefficient (Wildman–Crippen LogP) is 4.08. The normalized spacial score (nSPS) is 14.5. The van der Waals surface area contributed by atoms with Crippen molar-refractivity contribution in [2.75, 3.05) is 38.7 Å². The molecule has 0 aliphatic carbocycles. The Morgan fingerprint density at radius 3 is 2.61 bits per heavy atom. The number of carbonyl (C=O) groups excluding carboxylic acids is 2. The standard InChI is InChI=1S/C22H20BrClN2O5/c1-26-8-7-14-15(20(29-2)22-21(18(14)23)30-11-31-22)9-16(26)19(28)12-3-5-13(6-4-12)25-17(27)10-24/h3-6,9H,7-8,10-11H2,1-2H3,(H,25,27). The van der Waals surface area contributed by atoms with Gasteiger partial charge in [0.1, 0.15) is 5.88 Å². The molecule has 4 rings (SSSR count). The number of nitrogens with zero attached hydrogens (tertiary/aromatic N) is 1. The molecule has 0 atom stereocenters. The van der Waals surface area contributed by atoms with E-state index in [1.807, 2.05) is 18.0 Å². The van der Waals surface area contributed by atoms with Gasteiger partial charge >= 0.3 is 0 Å². The van der Waals surface area contributed by atoms with E-state index in [0.717, 1.165) is 15.6 Å². The maximum atomic E-state index is 13.4. The summed E-state index contributed by atoms with van der Waals surface area (Å²) in [5, 5.41) is 2.66. The van der Waals surface area contributed by atoms with E-state index in [1.54, 1.807) is 31.4 Å². The Morgan fingerprint density at radius 2 is 1.94 bits per heavy atom. The van der Waals surface area contributed by atoms with Crippen LogP contribution in [0.25, 0.3) is 6.08 Å². The van der Waals surface area contributed by atoms with Crippen molar-refractivity contribution in [1.29, 1.82) is 0 Å². The summed E-state index contributed by atoms with van der Waals surface area (Å²) in [7, 11) is 3.45. The van der Waals surface area contributed by atoms with E-state index in [-0.39, 0.29) is 24.4 Å². The van der Waals surface area contributed by atoms with Crippen LogP contribution in [0.1, 0.15) is 21.5 Å². The molecule has 0 aromatic heterocycles. The Morgan fingerprint density at radius 1 is 1.23 bits per heavy atom. The highest BCUT2D eigenvalue weighted by molar-refractivity contribution is 9.10. The van der Waals surface area contributed by atoms with Gasteiger partial charge in [0, 0.05) is 30.4 Å². The first-order valence-corrected chi connectivity index (χ1v) is 10.9. The number of Topliss-reactive ketones (excluding diaryl/α,β-unsaturated/α-hetero) is 1. The summed E-state index contributed by atoms with van der Waals surface area (Å²) in [4.78, 5) is 26.7. The van der Waals surface area contributed by atoms with Crippen molar-refractivity contribution in [1.82, 2.24) is 4.90 Å². The van der Waals surface area contributed by atoms with E-state index in [9.17, 15) is 9.59 Å². The van der Waals surface area contributed by atoms with Crippen LogP contribution in [-0.2, 0) is 11.2 Å². The van der Waals surface area contributed by atoms with Crippen molar-refractivity contribution in [2.45, 2.75) is 6.42 Å². The first-order chi connectivity index (χ1) is 14.9. The zero-order valence-electron chi connectivity index (χ0n) is 17.0. The van der Waals surface area contributed by atoms with Gasteiger partial charge in [0.05, 0.1) is 17.3 Å². The Balaban J connectivity index is 1.74. The van der Waals surface area contributed by atoms with E-state index in [2.05, 4.69) is 21.2 Å². The van der Waals surface area contributed by atoms with Gasteiger partial charge < -0.3 is 24.4 Å². The molecular formula is C22H20BrClN2O5. The number of rotatable bonds is 5. The number of fused-ring (bicyclic) bond motifs is 2. The first kappa shape index (κ1) is 21.5. The Kier molecular flexibility index (Phi) is 6.11. The number of benzene rings is 2. The van der Waals surface area contributed by atoms with Crippen LogP contribution in [0, 0.1) is 0 Å². The minimum Gasteiger partial charge on any atom is -0.492 e. The molecule has 0 unspecified atom stereocenters. The SMILES string of the molecule is COc1c2c(c(Br)c3c1OCO3)CCN(C)C(C(=O)c1ccc(NC(=O)CCl)cc1)=C2. The van der Waals surface area contributed by atoms with Gasteiger partial charge in [0.15, 0.2) is 11.5 Å². The third kappa shape index (κ3) is 3.97. The summed E-state index contributed by atoms with van der Waals surface area (Å²) in [6.45, 7) is 0.755. The van der Waals surface area contributed by atoms with Crippen LogP contribution in [0.4, 0.5) is 5.69 Å². The molecule has 162 valence electrons. The average molecular weight is 508 g/mol. The molecular weight excluding hydrogens is 488 g/mol. The minimum atomic E-state index is -0.306. The largest absolute Gasteiger partial charge is 0.492 e. The lowest BCUT2D eigenvalue weighted by molar-refractivity contribution is -0.113. The number of hydrogen-bond donors (Lipinski definition) is 1. The molecule has 31 heavy (non-hydrogen) atoms. The van der Waals surface area contributed by atoms with Gasteiger partial charge in [-0.2, -0.15) is 0 Å². The molecule has 9 heteroatoms. The maximum absolute atomic E-state index is 13.4. The summed E-state index contributed by atoms with van der Waals surface area (Å²) < 4.78 is 17.7. The lowest BCUT2D eigenvalue weighted by atomic mass is 10.0. The van der Waals surface area contributed by atoms with Crippen LogP contribution in [0.5, 0.6) is 17.2 Å². The number of ketones is 1. The molecule has 1 amide bonds. The predicted molar refractivity (Wildman–Crippen MR) is 121 cm³/mol. The topological polar surface area (TPSA) is 77.1 Å². The summed E-state index contributed by atoms with van der Waals surface area (Å²) in [6, 6.07) is 6.72. The summed E-state index contributed by atoms with van der Waals surface area (Å²) in [6.07, 6.45) is 2.52. The molecule has 7 nitrogen and oxygen atoms in total. The fourth-order valence-corrected chi connectivity index (χ4v) is 4.43. The molecule has 2 aromatic carbocycles. The van der Waals surface area contributed by atoms with Gasteiger partial charge in [-0.15, -0.1) is 11.6 Å². The van der Waals surface area contributed by atoms with Crippen LogP contribution >= 0.6 is 27.5 Å². The number of likely N-dealkylation sites (N-methyl/N-ethyl adjacent to an activating group) is 1. The minimum absolute atomic E-state index is 0.120. The molecule has 2 aromatic rings. The van der Waals surface area contributed by atoms with Crippen molar-refractivity contribution in [3.8, 4) is 17.2 Å². The number of methoxy groups -OCH3 is 1. The quantitative estimate of drug-likeness (QED) is 0.486. The molecule has 0 fully saturated rings. The summed E-state index contributed by atoms with van der Waals surface area (Å²) in [5.74, 6) is 1.12. The highest BCUT2D eigenvalue weighted by atomic mass is 79.9. The number of halogens is 2. The van der Waals surface area contributed by atoms with Crippen molar-refractivity contribution < 1.29 is 23.8 Å². The van der Waals surface area contributed by atoms with Gasteiger partial charge in [-0.3, -0.25) is 9.59 Å². The van der Waals surface area contributed by atoms with E-state index in [1.165, 1.54) is 0 Å². The fraction of sp³-hybridized carbons (Fsp3) is 0.273.